The quantitative estimate of drug-likeness (QED) is 0.790. The molecule has 0 spiro atoms. The van der Waals surface area contributed by atoms with E-state index < -0.39 is 0 Å². The number of morpholine rings is 1. The maximum Gasteiger partial charge on any atom is 0.224 e. The predicted octanol–water partition coefficient (Wildman–Crippen LogP) is 1.03. The molecule has 1 fully saturated rings. The zero-order valence-corrected chi connectivity index (χ0v) is 11.9. The van der Waals surface area contributed by atoms with Gasteiger partial charge in [-0.15, -0.1) is 0 Å². The zero-order valence-electron chi connectivity index (χ0n) is 11.9. The fraction of sp³-hybridized carbons (Fsp3) is 0.533. The van der Waals surface area contributed by atoms with Gasteiger partial charge < -0.3 is 19.7 Å². The van der Waals surface area contributed by atoms with Gasteiger partial charge in [-0.05, 0) is 6.07 Å². The Morgan fingerprint density at radius 1 is 1.35 bits per heavy atom. The van der Waals surface area contributed by atoms with Crippen molar-refractivity contribution in [2.75, 3.05) is 40.0 Å². The van der Waals surface area contributed by atoms with Crippen LogP contribution in [0.3, 0.4) is 0 Å². The van der Waals surface area contributed by atoms with Crippen molar-refractivity contribution in [2.24, 2.45) is 0 Å². The average molecular weight is 278 g/mol. The predicted molar refractivity (Wildman–Crippen MR) is 76.7 cm³/mol. The van der Waals surface area contributed by atoms with Crippen molar-refractivity contribution in [1.82, 2.24) is 10.2 Å². The van der Waals surface area contributed by atoms with Crippen molar-refractivity contribution >= 4 is 5.91 Å². The lowest BCUT2D eigenvalue weighted by molar-refractivity contribution is -0.135. The van der Waals surface area contributed by atoms with E-state index in [0.29, 0.717) is 45.8 Å². The number of hydrogen-bond acceptors (Lipinski definition) is 4. The number of ether oxygens (including phenoxy) is 2. The van der Waals surface area contributed by atoms with Gasteiger partial charge in [0.25, 0.3) is 0 Å². The van der Waals surface area contributed by atoms with Crippen LogP contribution in [0.5, 0.6) is 5.75 Å². The Hall–Kier alpha value is -1.59. The number of carbonyl (C=O) groups excluding carboxylic acids is 1. The molecule has 20 heavy (non-hydrogen) atoms. The number of para-hydroxylation sites is 1. The number of hydrogen-bond donors (Lipinski definition) is 1. The van der Waals surface area contributed by atoms with Crippen molar-refractivity contribution in [3.63, 3.8) is 0 Å². The van der Waals surface area contributed by atoms with Gasteiger partial charge in [0.1, 0.15) is 5.75 Å². The van der Waals surface area contributed by atoms with Crippen LogP contribution in [-0.2, 0) is 16.1 Å². The van der Waals surface area contributed by atoms with Gasteiger partial charge in [-0.25, -0.2) is 0 Å². The first-order valence-corrected chi connectivity index (χ1v) is 6.99. The second-order valence-corrected chi connectivity index (χ2v) is 4.73. The number of methoxy groups -OCH3 is 1. The Labute approximate surface area is 119 Å². The summed E-state index contributed by atoms with van der Waals surface area (Å²) in [6.45, 7) is 4.12. The molecule has 0 bridgehead atoms. The van der Waals surface area contributed by atoms with Crippen LogP contribution in [0.15, 0.2) is 24.3 Å². The molecule has 1 saturated heterocycles. The van der Waals surface area contributed by atoms with Crippen LogP contribution >= 0.6 is 0 Å². The van der Waals surface area contributed by atoms with Crippen LogP contribution in [0.25, 0.3) is 0 Å². The molecule has 2 rings (SSSR count). The number of nitrogens with zero attached hydrogens (tertiary/aromatic N) is 1. The molecule has 110 valence electrons. The second kappa shape index (κ2) is 7.87. The first-order chi connectivity index (χ1) is 9.81. The highest BCUT2D eigenvalue weighted by molar-refractivity contribution is 5.76. The van der Waals surface area contributed by atoms with E-state index in [9.17, 15) is 4.79 Å². The minimum Gasteiger partial charge on any atom is -0.496 e. The van der Waals surface area contributed by atoms with E-state index in [4.69, 9.17) is 9.47 Å². The van der Waals surface area contributed by atoms with Gasteiger partial charge in [-0.1, -0.05) is 18.2 Å². The molecule has 1 aromatic rings. The van der Waals surface area contributed by atoms with Crippen molar-refractivity contribution < 1.29 is 14.3 Å². The standard InChI is InChI=1S/C15H22N2O3/c1-19-14-5-3-2-4-13(14)12-16-7-6-15(18)17-8-10-20-11-9-17/h2-5,16H,6-12H2,1H3. The minimum atomic E-state index is 0.195. The van der Waals surface area contributed by atoms with Gasteiger partial charge in [0.05, 0.1) is 20.3 Å². The highest BCUT2D eigenvalue weighted by atomic mass is 16.5. The molecular formula is C15H22N2O3. The Morgan fingerprint density at radius 3 is 2.85 bits per heavy atom. The molecule has 1 N–H and O–H groups in total. The number of nitrogens with one attached hydrogen (secondary N) is 1. The van der Waals surface area contributed by atoms with Gasteiger partial charge in [-0.3, -0.25) is 4.79 Å². The summed E-state index contributed by atoms with van der Waals surface area (Å²) in [5.41, 5.74) is 1.11. The molecule has 5 nitrogen and oxygen atoms in total. The lowest BCUT2D eigenvalue weighted by Gasteiger charge is -2.26. The summed E-state index contributed by atoms with van der Waals surface area (Å²) in [6.07, 6.45) is 0.523. The molecule has 0 aromatic heterocycles. The molecule has 0 radical (unpaired) electrons. The minimum absolute atomic E-state index is 0.195. The summed E-state index contributed by atoms with van der Waals surface area (Å²) in [5.74, 6) is 1.07. The molecular weight excluding hydrogens is 256 g/mol. The van der Waals surface area contributed by atoms with Crippen LogP contribution in [0.4, 0.5) is 0 Å². The third kappa shape index (κ3) is 4.21. The van der Waals surface area contributed by atoms with E-state index in [2.05, 4.69) is 5.32 Å². The second-order valence-electron chi connectivity index (χ2n) is 4.73. The van der Waals surface area contributed by atoms with Crippen LogP contribution in [0.2, 0.25) is 0 Å². The van der Waals surface area contributed by atoms with Gasteiger partial charge in [0.15, 0.2) is 0 Å². The van der Waals surface area contributed by atoms with Crippen LogP contribution in [0, 0.1) is 0 Å². The topological polar surface area (TPSA) is 50.8 Å². The van der Waals surface area contributed by atoms with E-state index in [1.165, 1.54) is 0 Å². The average Bonchev–Trinajstić information content (AvgIpc) is 2.52. The summed E-state index contributed by atoms with van der Waals surface area (Å²) < 4.78 is 10.5. The van der Waals surface area contributed by atoms with Crippen molar-refractivity contribution in [1.29, 1.82) is 0 Å². The van der Waals surface area contributed by atoms with E-state index in [-0.39, 0.29) is 5.91 Å². The third-order valence-corrected chi connectivity index (χ3v) is 3.39. The maximum absolute atomic E-state index is 11.9. The van der Waals surface area contributed by atoms with E-state index >= 15 is 0 Å². The summed E-state index contributed by atoms with van der Waals surface area (Å²) >= 11 is 0. The molecule has 1 heterocycles. The van der Waals surface area contributed by atoms with Gasteiger partial charge in [0, 0.05) is 38.2 Å². The molecule has 0 saturated carbocycles. The monoisotopic (exact) mass is 278 g/mol. The zero-order chi connectivity index (χ0) is 14.2. The first kappa shape index (κ1) is 14.8. The molecule has 1 aliphatic heterocycles. The highest BCUT2D eigenvalue weighted by Crippen LogP contribution is 2.16. The lowest BCUT2D eigenvalue weighted by Crippen LogP contribution is -2.41. The molecule has 1 aromatic carbocycles. The third-order valence-electron chi connectivity index (χ3n) is 3.39. The maximum atomic E-state index is 11.9. The fourth-order valence-corrected chi connectivity index (χ4v) is 2.24. The summed E-state index contributed by atoms with van der Waals surface area (Å²) in [4.78, 5) is 13.8. The lowest BCUT2D eigenvalue weighted by atomic mass is 10.2. The molecule has 0 atom stereocenters. The largest absolute Gasteiger partial charge is 0.496 e. The summed E-state index contributed by atoms with van der Waals surface area (Å²) in [7, 11) is 1.67. The van der Waals surface area contributed by atoms with Crippen LogP contribution in [0.1, 0.15) is 12.0 Å². The summed E-state index contributed by atoms with van der Waals surface area (Å²) in [5, 5.41) is 3.29. The Balaban J connectivity index is 1.69. The van der Waals surface area contributed by atoms with E-state index in [1.54, 1.807) is 7.11 Å². The van der Waals surface area contributed by atoms with E-state index in [0.717, 1.165) is 11.3 Å². The first-order valence-electron chi connectivity index (χ1n) is 6.99. The number of benzene rings is 1. The number of rotatable bonds is 6. The van der Waals surface area contributed by atoms with E-state index in [1.807, 2.05) is 29.2 Å². The molecule has 1 amide bonds. The van der Waals surface area contributed by atoms with Crippen LogP contribution < -0.4 is 10.1 Å². The van der Waals surface area contributed by atoms with Crippen LogP contribution in [-0.4, -0.2) is 50.8 Å². The SMILES string of the molecule is COc1ccccc1CNCCC(=O)N1CCOCC1. The Bertz CT molecular complexity index is 431. The number of carbonyl (C=O) groups is 1. The molecule has 1 aliphatic rings. The Kier molecular flexibility index (Phi) is 5.83. The van der Waals surface area contributed by atoms with Gasteiger partial charge in [-0.2, -0.15) is 0 Å². The van der Waals surface area contributed by atoms with Crippen molar-refractivity contribution in [2.45, 2.75) is 13.0 Å². The van der Waals surface area contributed by atoms with Gasteiger partial charge >= 0.3 is 0 Å². The van der Waals surface area contributed by atoms with Gasteiger partial charge in [0.2, 0.25) is 5.91 Å². The highest BCUT2D eigenvalue weighted by Gasteiger charge is 2.15. The Morgan fingerprint density at radius 2 is 2.10 bits per heavy atom. The fourth-order valence-electron chi connectivity index (χ4n) is 2.24. The number of amides is 1. The molecule has 0 unspecified atom stereocenters. The normalized spacial score (nSPS) is 15.2. The van der Waals surface area contributed by atoms with Crippen molar-refractivity contribution in [3.05, 3.63) is 29.8 Å². The molecule has 5 heteroatoms. The summed E-state index contributed by atoms with van der Waals surface area (Å²) in [6, 6.07) is 7.90. The molecule has 0 aliphatic carbocycles. The van der Waals surface area contributed by atoms with Crippen molar-refractivity contribution in [3.8, 4) is 5.75 Å². The smallest absolute Gasteiger partial charge is 0.224 e.